The molecule has 142 valence electrons. The summed E-state index contributed by atoms with van der Waals surface area (Å²) in [5.74, 6) is 0.485. The second kappa shape index (κ2) is 8.06. The van der Waals surface area contributed by atoms with Crippen LogP contribution in [0.1, 0.15) is 13.8 Å². The van der Waals surface area contributed by atoms with Crippen LogP contribution in [0.4, 0.5) is 11.4 Å². The van der Waals surface area contributed by atoms with Crippen LogP contribution >= 0.6 is 23.2 Å². The number of rotatable bonds is 5. The summed E-state index contributed by atoms with van der Waals surface area (Å²) in [4.78, 5) is 26.0. The lowest BCUT2D eigenvalue weighted by molar-refractivity contribution is -0.121. The number of hydrogen-bond acceptors (Lipinski definition) is 4. The number of nitrogens with zero attached hydrogens (tertiary/aromatic N) is 1. The van der Waals surface area contributed by atoms with E-state index in [1.54, 1.807) is 35.2 Å². The zero-order valence-corrected chi connectivity index (χ0v) is 16.3. The van der Waals surface area contributed by atoms with Crippen molar-refractivity contribution >= 4 is 46.4 Å². The number of benzene rings is 2. The van der Waals surface area contributed by atoms with Crippen molar-refractivity contribution in [1.29, 1.82) is 0 Å². The SMILES string of the molecule is CC(C)N1C(=O)COc2ccc(NC(=O)COc3ccc(Cl)cc3Cl)cc21. The average molecular weight is 409 g/mol. The first-order chi connectivity index (χ1) is 12.8. The Morgan fingerprint density at radius 3 is 2.74 bits per heavy atom. The van der Waals surface area contributed by atoms with Crippen LogP contribution in [0.15, 0.2) is 36.4 Å². The Hall–Kier alpha value is -2.44. The smallest absolute Gasteiger partial charge is 0.265 e. The monoisotopic (exact) mass is 408 g/mol. The molecule has 0 saturated carbocycles. The van der Waals surface area contributed by atoms with E-state index >= 15 is 0 Å². The number of anilines is 2. The molecule has 2 amide bonds. The molecule has 1 aliphatic heterocycles. The van der Waals surface area contributed by atoms with Crippen LogP contribution < -0.4 is 19.7 Å². The third kappa shape index (κ3) is 4.46. The molecule has 0 spiro atoms. The number of halogens is 2. The molecular formula is C19H18Cl2N2O4. The Labute approximate surface area is 167 Å². The van der Waals surface area contributed by atoms with Gasteiger partial charge in [0.05, 0.1) is 10.7 Å². The number of nitrogens with one attached hydrogen (secondary N) is 1. The summed E-state index contributed by atoms with van der Waals surface area (Å²) in [5, 5.41) is 3.55. The summed E-state index contributed by atoms with van der Waals surface area (Å²) in [6.45, 7) is 3.62. The molecule has 1 heterocycles. The van der Waals surface area contributed by atoms with Gasteiger partial charge in [-0.1, -0.05) is 23.2 Å². The van der Waals surface area contributed by atoms with Gasteiger partial charge in [-0.3, -0.25) is 9.59 Å². The molecule has 1 N–H and O–H groups in total. The Kier molecular flexibility index (Phi) is 5.77. The van der Waals surface area contributed by atoms with Crippen molar-refractivity contribution in [3.8, 4) is 11.5 Å². The molecule has 1 aliphatic rings. The van der Waals surface area contributed by atoms with E-state index in [9.17, 15) is 9.59 Å². The minimum atomic E-state index is -0.361. The van der Waals surface area contributed by atoms with Crippen molar-refractivity contribution < 1.29 is 19.1 Å². The third-order valence-electron chi connectivity index (χ3n) is 3.89. The number of carbonyl (C=O) groups is 2. The van der Waals surface area contributed by atoms with Crippen molar-refractivity contribution in [1.82, 2.24) is 0 Å². The lowest BCUT2D eigenvalue weighted by Crippen LogP contribution is -2.43. The van der Waals surface area contributed by atoms with Crippen molar-refractivity contribution in [2.24, 2.45) is 0 Å². The standard InChI is InChI=1S/C19H18Cl2N2O4/c1-11(2)23-15-8-13(4-6-17(15)27-10-19(23)25)22-18(24)9-26-16-5-3-12(20)7-14(16)21/h3-8,11H,9-10H2,1-2H3,(H,22,24). The second-order valence-electron chi connectivity index (χ2n) is 6.24. The number of fused-ring (bicyclic) bond motifs is 1. The lowest BCUT2D eigenvalue weighted by Gasteiger charge is -2.32. The number of carbonyl (C=O) groups excluding carboxylic acids is 2. The molecule has 0 aliphatic carbocycles. The van der Waals surface area contributed by atoms with Gasteiger partial charge in [-0.05, 0) is 50.2 Å². The van der Waals surface area contributed by atoms with Gasteiger partial charge >= 0.3 is 0 Å². The molecule has 0 fully saturated rings. The normalized spacial score (nSPS) is 13.2. The molecule has 6 nitrogen and oxygen atoms in total. The van der Waals surface area contributed by atoms with Crippen LogP contribution in [-0.2, 0) is 9.59 Å². The first-order valence-corrected chi connectivity index (χ1v) is 9.07. The maximum absolute atomic E-state index is 12.2. The van der Waals surface area contributed by atoms with Crippen LogP contribution in [0.25, 0.3) is 0 Å². The quantitative estimate of drug-likeness (QED) is 0.806. The summed E-state index contributed by atoms with van der Waals surface area (Å²) in [6.07, 6.45) is 0. The van der Waals surface area contributed by atoms with Gasteiger partial charge in [0.15, 0.2) is 13.2 Å². The van der Waals surface area contributed by atoms with E-state index in [1.165, 1.54) is 6.07 Å². The van der Waals surface area contributed by atoms with Gasteiger partial charge in [-0.2, -0.15) is 0 Å². The van der Waals surface area contributed by atoms with Gasteiger partial charge < -0.3 is 19.7 Å². The van der Waals surface area contributed by atoms with Crippen molar-refractivity contribution in [2.45, 2.75) is 19.9 Å². The van der Waals surface area contributed by atoms with Crippen LogP contribution in [0, 0.1) is 0 Å². The van der Waals surface area contributed by atoms with Crippen molar-refractivity contribution in [3.05, 3.63) is 46.4 Å². The summed E-state index contributed by atoms with van der Waals surface area (Å²) in [5.41, 5.74) is 1.16. The van der Waals surface area contributed by atoms with E-state index in [0.29, 0.717) is 32.9 Å². The van der Waals surface area contributed by atoms with Crippen LogP contribution in [0.5, 0.6) is 11.5 Å². The number of hydrogen-bond donors (Lipinski definition) is 1. The van der Waals surface area contributed by atoms with E-state index in [0.717, 1.165) is 0 Å². The summed E-state index contributed by atoms with van der Waals surface area (Å²) in [6, 6.07) is 9.88. The maximum Gasteiger partial charge on any atom is 0.265 e. The molecule has 0 saturated heterocycles. The Bertz CT molecular complexity index is 886. The van der Waals surface area contributed by atoms with Gasteiger partial charge in [-0.15, -0.1) is 0 Å². The molecule has 2 aromatic carbocycles. The molecule has 27 heavy (non-hydrogen) atoms. The van der Waals surface area contributed by atoms with Crippen LogP contribution in [0.3, 0.4) is 0 Å². The van der Waals surface area contributed by atoms with E-state index in [4.69, 9.17) is 32.7 Å². The fourth-order valence-corrected chi connectivity index (χ4v) is 3.21. The molecule has 0 bridgehead atoms. The molecule has 0 radical (unpaired) electrons. The molecule has 0 unspecified atom stereocenters. The maximum atomic E-state index is 12.2. The third-order valence-corrected chi connectivity index (χ3v) is 4.42. The Balaban J connectivity index is 1.69. The predicted octanol–water partition coefficient (Wildman–Crippen LogP) is 4.14. The highest BCUT2D eigenvalue weighted by atomic mass is 35.5. The first kappa shape index (κ1) is 19.3. The Morgan fingerprint density at radius 2 is 2.04 bits per heavy atom. The van der Waals surface area contributed by atoms with E-state index in [2.05, 4.69) is 5.32 Å². The topological polar surface area (TPSA) is 67.9 Å². The lowest BCUT2D eigenvalue weighted by atomic mass is 10.1. The molecule has 8 heteroatoms. The molecule has 0 atom stereocenters. The minimum absolute atomic E-state index is 0.00653. The van der Waals surface area contributed by atoms with Gasteiger partial charge in [0.1, 0.15) is 11.5 Å². The van der Waals surface area contributed by atoms with Gasteiger partial charge in [0, 0.05) is 16.8 Å². The average Bonchev–Trinajstić information content (AvgIpc) is 2.60. The van der Waals surface area contributed by atoms with E-state index < -0.39 is 0 Å². The molecule has 0 aromatic heterocycles. The van der Waals surface area contributed by atoms with Crippen molar-refractivity contribution in [3.63, 3.8) is 0 Å². The largest absolute Gasteiger partial charge is 0.482 e. The highest BCUT2D eigenvalue weighted by Gasteiger charge is 2.28. The predicted molar refractivity (Wildman–Crippen MR) is 105 cm³/mol. The van der Waals surface area contributed by atoms with Crippen LogP contribution in [-0.4, -0.2) is 31.1 Å². The zero-order valence-electron chi connectivity index (χ0n) is 14.8. The van der Waals surface area contributed by atoms with Gasteiger partial charge in [0.2, 0.25) is 0 Å². The molecule has 3 rings (SSSR count). The molecule has 2 aromatic rings. The summed E-state index contributed by atoms with van der Waals surface area (Å²) in [7, 11) is 0. The van der Waals surface area contributed by atoms with Gasteiger partial charge in [0.25, 0.3) is 11.8 Å². The van der Waals surface area contributed by atoms with Crippen LogP contribution in [0.2, 0.25) is 10.0 Å². The zero-order chi connectivity index (χ0) is 19.6. The highest BCUT2D eigenvalue weighted by Crippen LogP contribution is 2.35. The number of amides is 2. The van der Waals surface area contributed by atoms with Crippen molar-refractivity contribution in [2.75, 3.05) is 23.4 Å². The fraction of sp³-hybridized carbons (Fsp3) is 0.263. The number of ether oxygens (including phenoxy) is 2. The highest BCUT2D eigenvalue weighted by molar-refractivity contribution is 6.35. The van der Waals surface area contributed by atoms with E-state index in [-0.39, 0.29) is 31.1 Å². The summed E-state index contributed by atoms with van der Waals surface area (Å²) < 4.78 is 10.9. The van der Waals surface area contributed by atoms with Gasteiger partial charge in [-0.25, -0.2) is 0 Å². The minimum Gasteiger partial charge on any atom is -0.482 e. The fourth-order valence-electron chi connectivity index (χ4n) is 2.75. The Morgan fingerprint density at radius 1 is 1.26 bits per heavy atom. The molecular weight excluding hydrogens is 391 g/mol. The second-order valence-corrected chi connectivity index (χ2v) is 7.08. The summed E-state index contributed by atoms with van der Waals surface area (Å²) >= 11 is 11.9. The first-order valence-electron chi connectivity index (χ1n) is 8.32. The van der Waals surface area contributed by atoms with E-state index in [1.807, 2.05) is 13.8 Å².